The van der Waals surface area contributed by atoms with Crippen molar-refractivity contribution in [1.82, 2.24) is 15.1 Å². The third-order valence-electron chi connectivity index (χ3n) is 4.59. The maximum absolute atomic E-state index is 12.3. The molecule has 1 heterocycles. The van der Waals surface area contributed by atoms with Gasteiger partial charge in [-0.15, -0.1) is 0 Å². The van der Waals surface area contributed by atoms with Crippen LogP contribution in [0.2, 0.25) is 0 Å². The highest BCUT2D eigenvalue weighted by atomic mass is 16.5. The van der Waals surface area contributed by atoms with Crippen LogP contribution in [0.4, 0.5) is 0 Å². The molecule has 1 rings (SSSR count). The molecule has 0 bridgehead atoms. The molecular weight excluding hydrogens is 332 g/mol. The normalized spacial score (nSPS) is 15.8. The molecule has 0 atom stereocenters. The second-order valence-corrected chi connectivity index (χ2v) is 6.64. The molecule has 0 aromatic carbocycles. The zero-order valence-electron chi connectivity index (χ0n) is 17.1. The summed E-state index contributed by atoms with van der Waals surface area (Å²) in [6, 6.07) is 0. The molecule has 1 amide bonds. The van der Waals surface area contributed by atoms with Crippen LogP contribution in [-0.2, 0) is 14.3 Å². The Morgan fingerprint density at radius 3 is 2.54 bits per heavy atom. The number of likely N-dealkylation sites (N-methyl/N-ethyl adjacent to an activating group) is 2. The third-order valence-corrected chi connectivity index (χ3v) is 4.59. The van der Waals surface area contributed by atoms with E-state index in [1.165, 1.54) is 0 Å². The van der Waals surface area contributed by atoms with Gasteiger partial charge in [-0.05, 0) is 46.0 Å². The van der Waals surface area contributed by atoms with Crippen LogP contribution in [0.25, 0.3) is 0 Å². The van der Waals surface area contributed by atoms with Crippen molar-refractivity contribution >= 4 is 11.9 Å². The zero-order chi connectivity index (χ0) is 19.2. The fourth-order valence-electron chi connectivity index (χ4n) is 2.94. The number of ether oxygens (including phenoxy) is 2. The van der Waals surface area contributed by atoms with E-state index in [1.54, 1.807) is 0 Å². The molecule has 7 nitrogen and oxygen atoms in total. The van der Waals surface area contributed by atoms with E-state index in [2.05, 4.69) is 10.3 Å². The predicted molar refractivity (Wildman–Crippen MR) is 106 cm³/mol. The Balaban J connectivity index is 2.31. The molecule has 152 valence electrons. The molecule has 1 aliphatic rings. The highest BCUT2D eigenvalue weighted by Crippen LogP contribution is 2.14. The zero-order valence-corrected chi connectivity index (χ0v) is 17.1. The van der Waals surface area contributed by atoms with Crippen LogP contribution in [0.5, 0.6) is 0 Å². The Morgan fingerprint density at radius 2 is 1.92 bits per heavy atom. The molecule has 0 aromatic rings. The van der Waals surface area contributed by atoms with Crippen LogP contribution in [0.1, 0.15) is 40.0 Å². The smallest absolute Gasteiger partial charge is 0.242 e. The molecule has 1 N–H and O–H groups in total. The van der Waals surface area contributed by atoms with Gasteiger partial charge in [-0.2, -0.15) is 0 Å². The number of carbonyl (C=O) groups is 1. The number of hydrogen-bond donors (Lipinski definition) is 1. The Morgan fingerprint density at radius 1 is 1.23 bits per heavy atom. The monoisotopic (exact) mass is 370 g/mol. The van der Waals surface area contributed by atoms with Crippen LogP contribution >= 0.6 is 0 Å². The Kier molecular flexibility index (Phi) is 12.1. The van der Waals surface area contributed by atoms with Crippen molar-refractivity contribution in [3.05, 3.63) is 0 Å². The second kappa shape index (κ2) is 13.8. The lowest BCUT2D eigenvalue weighted by Crippen LogP contribution is -2.45. The van der Waals surface area contributed by atoms with E-state index in [4.69, 9.17) is 9.47 Å². The first-order valence-electron chi connectivity index (χ1n) is 10.0. The van der Waals surface area contributed by atoms with Crippen molar-refractivity contribution in [3.63, 3.8) is 0 Å². The van der Waals surface area contributed by atoms with E-state index < -0.39 is 0 Å². The van der Waals surface area contributed by atoms with Gasteiger partial charge in [-0.25, -0.2) is 0 Å². The lowest BCUT2D eigenvalue weighted by atomic mass is 10.0. The van der Waals surface area contributed by atoms with E-state index in [0.29, 0.717) is 19.0 Å². The van der Waals surface area contributed by atoms with Gasteiger partial charge < -0.3 is 24.6 Å². The molecule has 7 heteroatoms. The SMILES string of the molecule is CCNC(=NCCCOCC1CCOCC1)N(C)CC(=O)N(CC)CC. The largest absolute Gasteiger partial charge is 0.381 e. The molecule has 1 fully saturated rings. The van der Waals surface area contributed by atoms with Gasteiger partial charge in [0.05, 0.1) is 6.54 Å². The van der Waals surface area contributed by atoms with E-state index in [0.717, 1.165) is 71.3 Å². The van der Waals surface area contributed by atoms with Crippen molar-refractivity contribution in [2.24, 2.45) is 10.9 Å². The van der Waals surface area contributed by atoms with Crippen molar-refractivity contribution in [2.75, 3.05) is 66.2 Å². The fourth-order valence-corrected chi connectivity index (χ4v) is 2.94. The van der Waals surface area contributed by atoms with Gasteiger partial charge in [0.15, 0.2) is 5.96 Å². The van der Waals surface area contributed by atoms with Gasteiger partial charge in [0.1, 0.15) is 0 Å². The standard InChI is InChI=1S/C19H38N4O3/c1-5-20-19(22(4)15-18(24)23(6-2)7-3)21-11-8-12-26-16-17-9-13-25-14-10-17/h17H,5-16H2,1-4H3,(H,20,21). The molecular formula is C19H38N4O3. The minimum absolute atomic E-state index is 0.128. The summed E-state index contributed by atoms with van der Waals surface area (Å²) >= 11 is 0. The van der Waals surface area contributed by atoms with E-state index >= 15 is 0 Å². The molecule has 1 aliphatic heterocycles. The van der Waals surface area contributed by atoms with Crippen LogP contribution in [0, 0.1) is 5.92 Å². The van der Waals surface area contributed by atoms with Gasteiger partial charge in [0, 0.05) is 59.7 Å². The minimum atomic E-state index is 0.128. The molecule has 0 aliphatic carbocycles. The number of guanidine groups is 1. The maximum Gasteiger partial charge on any atom is 0.242 e. The summed E-state index contributed by atoms with van der Waals surface area (Å²) in [5.41, 5.74) is 0. The van der Waals surface area contributed by atoms with Gasteiger partial charge >= 0.3 is 0 Å². The van der Waals surface area contributed by atoms with Gasteiger partial charge in [-0.1, -0.05) is 0 Å². The number of rotatable bonds is 11. The lowest BCUT2D eigenvalue weighted by Gasteiger charge is -2.25. The van der Waals surface area contributed by atoms with Crippen molar-refractivity contribution < 1.29 is 14.3 Å². The first kappa shape index (κ1) is 22.7. The Bertz CT molecular complexity index is 408. The lowest BCUT2D eigenvalue weighted by molar-refractivity contribution is -0.131. The Hall–Kier alpha value is -1.34. The summed E-state index contributed by atoms with van der Waals surface area (Å²) in [4.78, 5) is 20.6. The van der Waals surface area contributed by atoms with E-state index in [-0.39, 0.29) is 5.91 Å². The molecule has 0 spiro atoms. The summed E-state index contributed by atoms with van der Waals surface area (Å²) < 4.78 is 11.1. The number of nitrogens with zero attached hydrogens (tertiary/aromatic N) is 3. The highest BCUT2D eigenvalue weighted by molar-refractivity contribution is 5.86. The number of nitrogens with one attached hydrogen (secondary N) is 1. The summed E-state index contributed by atoms with van der Waals surface area (Å²) in [5, 5.41) is 3.26. The van der Waals surface area contributed by atoms with Crippen LogP contribution in [0.15, 0.2) is 4.99 Å². The number of hydrogen-bond acceptors (Lipinski definition) is 4. The molecule has 26 heavy (non-hydrogen) atoms. The minimum Gasteiger partial charge on any atom is -0.381 e. The third kappa shape index (κ3) is 8.85. The fraction of sp³-hybridized carbons (Fsp3) is 0.895. The average molecular weight is 371 g/mol. The van der Waals surface area contributed by atoms with Gasteiger partial charge in [0.25, 0.3) is 0 Å². The summed E-state index contributed by atoms with van der Waals surface area (Å²) in [7, 11) is 1.91. The average Bonchev–Trinajstić information content (AvgIpc) is 2.65. The van der Waals surface area contributed by atoms with Crippen molar-refractivity contribution in [1.29, 1.82) is 0 Å². The number of amides is 1. The number of aliphatic imine (C=N–C) groups is 1. The molecule has 0 saturated carbocycles. The summed E-state index contributed by atoms with van der Waals surface area (Å²) in [6.45, 7) is 12.6. The topological polar surface area (TPSA) is 66.4 Å². The number of carbonyl (C=O) groups excluding carboxylic acids is 1. The van der Waals surface area contributed by atoms with Crippen molar-refractivity contribution in [2.45, 2.75) is 40.0 Å². The quantitative estimate of drug-likeness (QED) is 0.340. The van der Waals surface area contributed by atoms with E-state index in [9.17, 15) is 4.79 Å². The molecule has 1 saturated heterocycles. The van der Waals surface area contributed by atoms with Crippen molar-refractivity contribution in [3.8, 4) is 0 Å². The maximum atomic E-state index is 12.3. The summed E-state index contributed by atoms with van der Waals surface area (Å²) in [5.74, 6) is 1.54. The predicted octanol–water partition coefficient (Wildman–Crippen LogP) is 1.59. The molecule has 0 unspecified atom stereocenters. The Labute approximate surface area is 159 Å². The summed E-state index contributed by atoms with van der Waals surface area (Å²) in [6.07, 6.45) is 3.10. The molecule has 0 aromatic heterocycles. The highest BCUT2D eigenvalue weighted by Gasteiger charge is 2.15. The second-order valence-electron chi connectivity index (χ2n) is 6.64. The molecule has 0 radical (unpaired) electrons. The van der Waals surface area contributed by atoms with Crippen LogP contribution in [-0.4, -0.2) is 87.9 Å². The van der Waals surface area contributed by atoms with E-state index in [1.807, 2.05) is 37.6 Å². The van der Waals surface area contributed by atoms with Gasteiger partial charge in [-0.3, -0.25) is 9.79 Å². The first-order valence-corrected chi connectivity index (χ1v) is 10.0. The van der Waals surface area contributed by atoms with Crippen LogP contribution in [0.3, 0.4) is 0 Å². The first-order chi connectivity index (χ1) is 12.6. The van der Waals surface area contributed by atoms with Gasteiger partial charge in [0.2, 0.25) is 5.91 Å². The van der Waals surface area contributed by atoms with Crippen LogP contribution < -0.4 is 5.32 Å².